The van der Waals surface area contributed by atoms with Crippen LogP contribution < -0.4 is 4.90 Å². The fraction of sp³-hybridized carbons (Fsp3) is 0.571. The van der Waals surface area contributed by atoms with E-state index < -0.39 is 0 Å². The molecule has 2 rings (SSSR count). The Kier molecular flexibility index (Phi) is 4.30. The van der Waals surface area contributed by atoms with Gasteiger partial charge in [0, 0.05) is 13.1 Å². The maximum atomic E-state index is 9.07. The zero-order chi connectivity index (χ0) is 12.3. The van der Waals surface area contributed by atoms with Gasteiger partial charge in [0.1, 0.15) is 0 Å². The highest BCUT2D eigenvalue weighted by Gasteiger charge is 2.21. The van der Waals surface area contributed by atoms with Crippen molar-refractivity contribution in [1.82, 2.24) is 0 Å². The van der Waals surface area contributed by atoms with Crippen molar-refractivity contribution < 1.29 is 5.11 Å². The van der Waals surface area contributed by atoms with Gasteiger partial charge in [-0.15, -0.1) is 0 Å². The average molecular weight is 254 g/mol. The van der Waals surface area contributed by atoms with Gasteiger partial charge in [-0.05, 0) is 43.4 Å². The van der Waals surface area contributed by atoms with E-state index in [2.05, 4.69) is 11.8 Å². The van der Waals surface area contributed by atoms with E-state index in [-0.39, 0.29) is 6.61 Å². The van der Waals surface area contributed by atoms with Crippen LogP contribution in [0.3, 0.4) is 0 Å². The van der Waals surface area contributed by atoms with Gasteiger partial charge < -0.3 is 10.0 Å². The minimum Gasteiger partial charge on any atom is -0.392 e. The smallest absolute Gasteiger partial charge is 0.0682 e. The number of halogens is 1. The normalized spacial score (nSPS) is 15.7. The van der Waals surface area contributed by atoms with Crippen LogP contribution in [0.4, 0.5) is 5.69 Å². The van der Waals surface area contributed by atoms with Crippen LogP contribution in [-0.2, 0) is 6.61 Å². The van der Waals surface area contributed by atoms with E-state index in [0.717, 1.165) is 35.3 Å². The van der Waals surface area contributed by atoms with E-state index in [9.17, 15) is 0 Å². The van der Waals surface area contributed by atoms with E-state index >= 15 is 0 Å². The molecular weight excluding hydrogens is 234 g/mol. The van der Waals surface area contributed by atoms with Gasteiger partial charge in [0.2, 0.25) is 0 Å². The highest BCUT2D eigenvalue weighted by molar-refractivity contribution is 6.33. The van der Waals surface area contributed by atoms with Crippen molar-refractivity contribution in [2.75, 3.05) is 18.0 Å². The second-order valence-corrected chi connectivity index (χ2v) is 5.19. The van der Waals surface area contributed by atoms with Crippen LogP contribution in [-0.4, -0.2) is 18.2 Å². The van der Waals surface area contributed by atoms with Crippen LogP contribution in [0.15, 0.2) is 18.2 Å². The third-order valence-corrected chi connectivity index (χ3v) is 3.92. The molecule has 0 saturated heterocycles. The molecule has 2 nitrogen and oxygen atoms in total. The average Bonchev–Trinajstić information content (AvgIpc) is 2.29. The summed E-state index contributed by atoms with van der Waals surface area (Å²) in [6.07, 6.45) is 4.07. The topological polar surface area (TPSA) is 23.5 Å². The molecule has 0 spiro atoms. The summed E-state index contributed by atoms with van der Waals surface area (Å²) in [4.78, 5) is 2.34. The number of hydrogen-bond donors (Lipinski definition) is 1. The lowest BCUT2D eigenvalue weighted by atomic mass is 9.85. The van der Waals surface area contributed by atoms with Crippen molar-refractivity contribution in [2.45, 2.75) is 32.8 Å². The Hall–Kier alpha value is -0.730. The lowest BCUT2D eigenvalue weighted by Gasteiger charge is -2.33. The zero-order valence-corrected chi connectivity index (χ0v) is 11.1. The maximum absolute atomic E-state index is 9.07. The van der Waals surface area contributed by atoms with Gasteiger partial charge >= 0.3 is 0 Å². The van der Waals surface area contributed by atoms with Gasteiger partial charge in [-0.2, -0.15) is 0 Å². The Morgan fingerprint density at radius 3 is 2.65 bits per heavy atom. The summed E-state index contributed by atoms with van der Waals surface area (Å²) in [5.41, 5.74) is 1.97. The van der Waals surface area contributed by atoms with Gasteiger partial charge in [0.15, 0.2) is 0 Å². The third-order valence-electron chi connectivity index (χ3n) is 3.62. The van der Waals surface area contributed by atoms with Crippen LogP contribution in [0.25, 0.3) is 0 Å². The quantitative estimate of drug-likeness (QED) is 0.869. The number of anilines is 1. The first-order valence-corrected chi connectivity index (χ1v) is 6.76. The summed E-state index contributed by atoms with van der Waals surface area (Å²) >= 11 is 6.27. The minimum absolute atomic E-state index is 0.0503. The Morgan fingerprint density at radius 1 is 1.41 bits per heavy atom. The molecule has 0 heterocycles. The molecule has 1 aliphatic rings. The Balaban J connectivity index is 2.11. The Bertz CT molecular complexity index is 376. The number of benzene rings is 1. The first kappa shape index (κ1) is 12.7. The van der Waals surface area contributed by atoms with Gasteiger partial charge in [0.25, 0.3) is 0 Å². The molecular formula is C14H20ClNO. The van der Waals surface area contributed by atoms with Gasteiger partial charge in [0.05, 0.1) is 17.3 Å². The van der Waals surface area contributed by atoms with Crippen molar-refractivity contribution >= 4 is 17.3 Å². The molecule has 0 atom stereocenters. The second-order valence-electron chi connectivity index (χ2n) is 4.78. The van der Waals surface area contributed by atoms with E-state index in [1.807, 2.05) is 18.2 Å². The molecule has 0 amide bonds. The molecule has 0 bridgehead atoms. The van der Waals surface area contributed by atoms with Crippen molar-refractivity contribution in [2.24, 2.45) is 5.92 Å². The summed E-state index contributed by atoms with van der Waals surface area (Å²) in [6.45, 7) is 4.30. The van der Waals surface area contributed by atoms with Gasteiger partial charge in [-0.3, -0.25) is 0 Å². The maximum Gasteiger partial charge on any atom is 0.0682 e. The lowest BCUT2D eigenvalue weighted by molar-refractivity contribution is 0.282. The fourth-order valence-corrected chi connectivity index (χ4v) is 2.61. The predicted octanol–water partition coefficient (Wildman–Crippen LogP) is 3.46. The van der Waals surface area contributed by atoms with Crippen LogP contribution in [0.1, 0.15) is 31.7 Å². The van der Waals surface area contributed by atoms with Crippen LogP contribution in [0, 0.1) is 5.92 Å². The van der Waals surface area contributed by atoms with Crippen LogP contribution in [0.2, 0.25) is 5.02 Å². The SMILES string of the molecule is CCN(CC1CCC1)c1ccc(CO)cc1Cl. The molecule has 1 aliphatic carbocycles. The standard InChI is InChI=1S/C14H20ClNO/c1-2-16(9-11-4-3-5-11)14-7-6-12(10-17)8-13(14)15/h6-8,11,17H,2-5,9-10H2,1H3. The summed E-state index contributed by atoms with van der Waals surface area (Å²) in [5, 5.41) is 9.82. The molecule has 1 aromatic carbocycles. The second kappa shape index (κ2) is 5.74. The molecule has 0 unspecified atom stereocenters. The minimum atomic E-state index is 0.0503. The molecule has 17 heavy (non-hydrogen) atoms. The molecule has 1 N–H and O–H groups in total. The Labute approximate surface area is 108 Å². The summed E-state index contributed by atoms with van der Waals surface area (Å²) in [7, 11) is 0. The van der Waals surface area contributed by atoms with Crippen LogP contribution in [0.5, 0.6) is 0 Å². The summed E-state index contributed by atoms with van der Waals surface area (Å²) in [6, 6.07) is 5.83. The lowest BCUT2D eigenvalue weighted by Crippen LogP contribution is -2.32. The van der Waals surface area contributed by atoms with Crippen molar-refractivity contribution in [1.29, 1.82) is 0 Å². The highest BCUT2D eigenvalue weighted by atomic mass is 35.5. The molecule has 0 radical (unpaired) electrons. The molecule has 1 fully saturated rings. The van der Waals surface area contributed by atoms with E-state index in [4.69, 9.17) is 16.7 Å². The number of nitrogens with zero attached hydrogens (tertiary/aromatic N) is 1. The highest BCUT2D eigenvalue weighted by Crippen LogP contribution is 2.32. The van der Waals surface area contributed by atoms with Crippen molar-refractivity contribution in [3.8, 4) is 0 Å². The number of rotatable bonds is 5. The first-order chi connectivity index (χ1) is 8.24. The molecule has 0 aromatic heterocycles. The summed E-state index contributed by atoms with van der Waals surface area (Å²) < 4.78 is 0. The van der Waals surface area contributed by atoms with Crippen molar-refractivity contribution in [3.63, 3.8) is 0 Å². The fourth-order valence-electron chi connectivity index (χ4n) is 2.29. The van der Waals surface area contributed by atoms with E-state index in [1.165, 1.54) is 19.3 Å². The van der Waals surface area contributed by atoms with E-state index in [1.54, 1.807) is 0 Å². The molecule has 94 valence electrons. The Morgan fingerprint density at radius 2 is 2.18 bits per heavy atom. The molecule has 3 heteroatoms. The molecule has 1 aromatic rings. The number of aliphatic hydroxyl groups is 1. The van der Waals surface area contributed by atoms with Crippen molar-refractivity contribution in [3.05, 3.63) is 28.8 Å². The van der Waals surface area contributed by atoms with Crippen LogP contribution >= 0.6 is 11.6 Å². The molecule has 0 aliphatic heterocycles. The van der Waals surface area contributed by atoms with Gasteiger partial charge in [-0.25, -0.2) is 0 Å². The molecule has 1 saturated carbocycles. The predicted molar refractivity (Wildman–Crippen MR) is 72.6 cm³/mol. The monoisotopic (exact) mass is 253 g/mol. The largest absolute Gasteiger partial charge is 0.392 e. The van der Waals surface area contributed by atoms with E-state index in [0.29, 0.717) is 0 Å². The number of aliphatic hydroxyl groups excluding tert-OH is 1. The third kappa shape index (κ3) is 2.93. The van der Waals surface area contributed by atoms with Gasteiger partial charge in [-0.1, -0.05) is 24.1 Å². The zero-order valence-electron chi connectivity index (χ0n) is 10.3. The number of hydrogen-bond acceptors (Lipinski definition) is 2. The summed E-state index contributed by atoms with van der Waals surface area (Å²) in [5.74, 6) is 0.837. The first-order valence-electron chi connectivity index (χ1n) is 6.38.